The highest BCUT2D eigenvalue weighted by molar-refractivity contribution is 7.81. The van der Waals surface area contributed by atoms with Crippen LogP contribution in [0.15, 0.2) is 48.5 Å². The zero-order valence-electron chi connectivity index (χ0n) is 17.9. The Morgan fingerprint density at radius 2 is 1.97 bits per heavy atom. The molecule has 1 aliphatic heterocycles. The zero-order chi connectivity index (χ0) is 24.1. The van der Waals surface area contributed by atoms with Crippen molar-refractivity contribution < 1.29 is 22.7 Å². The van der Waals surface area contributed by atoms with Gasteiger partial charge in [0.05, 0.1) is 5.69 Å². The number of urea groups is 1. The first-order valence-corrected chi connectivity index (χ1v) is 11.6. The molecule has 33 heavy (non-hydrogen) atoms. The first-order chi connectivity index (χ1) is 15.7. The number of amides is 3. The Bertz CT molecular complexity index is 1070. The summed E-state index contributed by atoms with van der Waals surface area (Å²) in [5, 5.41) is 0.321. The molecule has 0 radical (unpaired) electrons. The van der Waals surface area contributed by atoms with Crippen LogP contribution in [0.3, 0.4) is 0 Å². The van der Waals surface area contributed by atoms with Gasteiger partial charge in [0, 0.05) is 48.9 Å². The molecule has 0 spiro atoms. The molecule has 0 bridgehead atoms. The molecule has 11 heteroatoms. The van der Waals surface area contributed by atoms with Crippen LogP contribution in [0.1, 0.15) is 18.1 Å². The Kier molecular flexibility index (Phi) is 8.20. The van der Waals surface area contributed by atoms with Crippen LogP contribution in [0.25, 0.3) is 6.08 Å². The Morgan fingerprint density at radius 3 is 2.58 bits per heavy atom. The van der Waals surface area contributed by atoms with Crippen LogP contribution in [-0.2, 0) is 22.6 Å². The molecule has 1 fully saturated rings. The molecule has 2 aromatic carbocycles. The summed E-state index contributed by atoms with van der Waals surface area (Å²) in [6.07, 6.45) is 2.77. The van der Waals surface area contributed by atoms with E-state index < -0.39 is 17.3 Å². The molecule has 2 aromatic rings. The van der Waals surface area contributed by atoms with Gasteiger partial charge in [-0.25, -0.2) is 13.4 Å². The van der Waals surface area contributed by atoms with E-state index in [4.69, 9.17) is 17.3 Å². The summed E-state index contributed by atoms with van der Waals surface area (Å²) in [7, 11) is 0. The monoisotopic (exact) mass is 494 g/mol. The first-order valence-electron chi connectivity index (χ1n) is 10.1. The molecule has 1 heterocycles. The number of halogens is 2. The fraction of sp³-hybridized carbons (Fsp3) is 0.273. The minimum absolute atomic E-state index is 0.0500. The van der Waals surface area contributed by atoms with E-state index in [0.29, 0.717) is 41.1 Å². The predicted octanol–water partition coefficient (Wildman–Crippen LogP) is 3.25. The lowest BCUT2D eigenvalue weighted by molar-refractivity contribution is -0.130. The summed E-state index contributed by atoms with van der Waals surface area (Å²) in [5.74, 6) is -0.521. The van der Waals surface area contributed by atoms with Crippen LogP contribution < -0.4 is 10.0 Å². The zero-order valence-corrected chi connectivity index (χ0v) is 19.4. The molecule has 2 unspecified atom stereocenters. The molecule has 3 rings (SSSR count). The number of nitrogens with two attached hydrogens (primary N) is 1. The lowest BCUT2D eigenvalue weighted by atomic mass is 10.1. The van der Waals surface area contributed by atoms with Gasteiger partial charge in [-0.3, -0.25) is 14.2 Å². The number of carbonyl (C=O) groups is 2. The molecule has 2 atom stereocenters. The van der Waals surface area contributed by atoms with E-state index in [1.54, 1.807) is 17.0 Å². The Hall–Kier alpha value is -2.79. The van der Waals surface area contributed by atoms with Crippen LogP contribution in [0.2, 0.25) is 5.02 Å². The van der Waals surface area contributed by atoms with Crippen molar-refractivity contribution in [3.63, 3.8) is 0 Å². The second-order valence-corrected chi connectivity index (χ2v) is 8.91. The Balaban J connectivity index is 1.70. The number of hydrogen-bond acceptors (Lipinski definition) is 4. The van der Waals surface area contributed by atoms with E-state index in [1.807, 2.05) is 6.92 Å². The maximum absolute atomic E-state index is 13.1. The summed E-state index contributed by atoms with van der Waals surface area (Å²) >= 11 is 3.34. The highest BCUT2D eigenvalue weighted by Gasteiger charge is 2.26. The van der Waals surface area contributed by atoms with Gasteiger partial charge < -0.3 is 10.6 Å². The van der Waals surface area contributed by atoms with Crippen LogP contribution in [0.4, 0.5) is 14.9 Å². The van der Waals surface area contributed by atoms with E-state index in [9.17, 15) is 22.7 Å². The smallest absolute Gasteiger partial charge is 0.333 e. The van der Waals surface area contributed by atoms with E-state index in [1.165, 1.54) is 42.5 Å². The van der Waals surface area contributed by atoms with Crippen LogP contribution in [-0.4, -0.2) is 56.2 Å². The van der Waals surface area contributed by atoms with Gasteiger partial charge in [-0.15, -0.1) is 0 Å². The largest absolute Gasteiger partial charge is 0.350 e. The Morgan fingerprint density at radius 1 is 1.27 bits per heavy atom. The highest BCUT2D eigenvalue weighted by Crippen LogP contribution is 2.27. The number of primary amides is 1. The second-order valence-electron chi connectivity index (χ2n) is 7.64. The maximum Gasteiger partial charge on any atom is 0.333 e. The summed E-state index contributed by atoms with van der Waals surface area (Å²) in [5.41, 5.74) is 6.56. The average Bonchev–Trinajstić information content (AvgIpc) is 2.75. The van der Waals surface area contributed by atoms with Gasteiger partial charge in [-0.1, -0.05) is 23.7 Å². The number of rotatable bonds is 6. The molecule has 1 saturated heterocycles. The van der Waals surface area contributed by atoms with Gasteiger partial charge >= 0.3 is 6.03 Å². The quantitative estimate of drug-likeness (QED) is 0.473. The van der Waals surface area contributed by atoms with Crippen LogP contribution in [0.5, 0.6) is 0 Å². The molecular weight excluding hydrogens is 471 g/mol. The van der Waals surface area contributed by atoms with Gasteiger partial charge in [-0.2, -0.15) is 4.31 Å². The van der Waals surface area contributed by atoms with Gasteiger partial charge in [0.15, 0.2) is 0 Å². The third kappa shape index (κ3) is 6.38. The molecule has 3 N–H and O–H groups in total. The minimum atomic E-state index is -2.69. The number of benzene rings is 2. The van der Waals surface area contributed by atoms with Gasteiger partial charge in [0.25, 0.3) is 11.3 Å². The third-order valence-corrected chi connectivity index (χ3v) is 6.21. The molecule has 0 aliphatic carbocycles. The number of anilines is 1. The average molecular weight is 495 g/mol. The van der Waals surface area contributed by atoms with Gasteiger partial charge in [0.2, 0.25) is 5.91 Å². The fourth-order valence-corrected chi connectivity index (χ4v) is 4.40. The molecule has 3 amide bonds. The number of hydrogen-bond donors (Lipinski definition) is 2. The van der Waals surface area contributed by atoms with E-state index in [0.717, 1.165) is 5.56 Å². The first kappa shape index (κ1) is 24.8. The summed E-state index contributed by atoms with van der Waals surface area (Å²) in [6, 6.07) is 9.46. The SMILES string of the molecule is CC1CN(Cc2ccc(F)cc2)CCN1C(=O)/C=C/c1cc(Cl)ccc1N(C(N)=O)S(=O)O. The molecule has 0 aromatic heterocycles. The van der Waals surface area contributed by atoms with E-state index >= 15 is 0 Å². The van der Waals surface area contributed by atoms with Gasteiger partial charge in [0.1, 0.15) is 5.82 Å². The summed E-state index contributed by atoms with van der Waals surface area (Å²) in [4.78, 5) is 28.4. The second kappa shape index (κ2) is 10.9. The van der Waals surface area contributed by atoms with Crippen molar-refractivity contribution in [2.75, 3.05) is 23.9 Å². The normalized spacial score (nSPS) is 17.8. The highest BCUT2D eigenvalue weighted by atomic mass is 35.5. The third-order valence-electron chi connectivity index (χ3n) is 5.28. The Labute approximate surface area is 198 Å². The van der Waals surface area contributed by atoms with Gasteiger partial charge in [-0.05, 0) is 48.9 Å². The standard InChI is InChI=1S/C22H24ClFN4O4S/c1-15-13-26(14-16-2-6-19(24)7-3-16)10-11-27(15)21(29)9-4-17-12-18(23)5-8-20(17)28(22(25)30)33(31)32/h2-9,12,15H,10-11,13-14H2,1H3,(H2,25,30)(H,31,32)/b9-4+. The van der Waals surface area contributed by atoms with E-state index in [-0.39, 0.29) is 23.5 Å². The van der Waals surface area contributed by atoms with Crippen LogP contribution >= 0.6 is 11.6 Å². The maximum atomic E-state index is 13.1. The van der Waals surface area contributed by atoms with Crippen LogP contribution in [0, 0.1) is 5.82 Å². The molecular formula is C22H24ClFN4O4S. The fourth-order valence-electron chi connectivity index (χ4n) is 3.73. The van der Waals surface area contributed by atoms with Crippen molar-refractivity contribution in [2.24, 2.45) is 5.73 Å². The van der Waals surface area contributed by atoms with Crippen molar-refractivity contribution in [3.8, 4) is 0 Å². The van der Waals surface area contributed by atoms with Crippen molar-refractivity contribution in [1.29, 1.82) is 0 Å². The summed E-state index contributed by atoms with van der Waals surface area (Å²) < 4.78 is 34.6. The summed E-state index contributed by atoms with van der Waals surface area (Å²) in [6.45, 7) is 4.41. The number of nitrogens with zero attached hydrogens (tertiary/aromatic N) is 3. The predicted molar refractivity (Wildman–Crippen MR) is 126 cm³/mol. The molecule has 176 valence electrons. The topological polar surface area (TPSA) is 107 Å². The lowest BCUT2D eigenvalue weighted by Gasteiger charge is -2.39. The molecule has 0 saturated carbocycles. The van der Waals surface area contributed by atoms with E-state index in [2.05, 4.69) is 4.90 Å². The number of carbonyl (C=O) groups excluding carboxylic acids is 2. The molecule has 1 aliphatic rings. The lowest BCUT2D eigenvalue weighted by Crippen LogP contribution is -2.53. The van der Waals surface area contributed by atoms with Crippen molar-refractivity contribution in [1.82, 2.24) is 9.80 Å². The minimum Gasteiger partial charge on any atom is -0.350 e. The van der Waals surface area contributed by atoms with Crippen molar-refractivity contribution in [3.05, 3.63) is 70.5 Å². The van der Waals surface area contributed by atoms with Crippen molar-refractivity contribution in [2.45, 2.75) is 19.5 Å². The molecule has 8 nitrogen and oxygen atoms in total. The number of piperazine rings is 1. The van der Waals surface area contributed by atoms with Crippen molar-refractivity contribution >= 4 is 46.6 Å².